The number of nitrogens with one attached hydrogen (secondary N) is 1. The van der Waals surface area contributed by atoms with Gasteiger partial charge in [0.15, 0.2) is 0 Å². The van der Waals surface area contributed by atoms with Gasteiger partial charge in [-0.05, 0) is 32.9 Å². The molecule has 0 bridgehead atoms. The summed E-state index contributed by atoms with van der Waals surface area (Å²) >= 11 is 0. The lowest BCUT2D eigenvalue weighted by molar-refractivity contribution is 0.884. The predicted octanol–water partition coefficient (Wildman–Crippen LogP) is 0.905. The van der Waals surface area contributed by atoms with Crippen LogP contribution >= 0.6 is 0 Å². The lowest BCUT2D eigenvalue weighted by Gasteiger charge is -1.98. The maximum Gasteiger partial charge on any atom is 0.0331 e. The van der Waals surface area contributed by atoms with E-state index in [0.29, 0.717) is 6.54 Å². The number of hydrogen-bond acceptors (Lipinski definition) is 4. The van der Waals surface area contributed by atoms with Crippen LogP contribution in [0.1, 0.15) is 20.3 Å². The van der Waals surface area contributed by atoms with Crippen LogP contribution in [-0.4, -0.2) is 25.5 Å². The minimum atomic E-state index is 0.628. The number of rotatable bonds is 5. The number of hydrogen-bond donors (Lipinski definition) is 2. The third kappa shape index (κ3) is 7.21. The Morgan fingerprint density at radius 3 is 2.69 bits per heavy atom. The highest BCUT2D eigenvalue weighted by Crippen LogP contribution is 1.88. The van der Waals surface area contributed by atoms with Gasteiger partial charge in [0.25, 0.3) is 0 Å². The van der Waals surface area contributed by atoms with Gasteiger partial charge >= 0.3 is 0 Å². The first-order valence-electron chi connectivity index (χ1n) is 4.30. The standard InChI is InChI=1S/C9H18N4/c1-8(11-3)7-9(2)13-12-6-4-5-10/h6-7,13H,4-5,10H2,1-3H3/b9-7-,11-8?,12-6-. The molecule has 3 N–H and O–H groups in total. The molecule has 0 aliphatic heterocycles. The van der Waals surface area contributed by atoms with Gasteiger partial charge in [-0.1, -0.05) is 0 Å². The molecule has 0 unspecified atom stereocenters. The Kier molecular flexibility index (Phi) is 6.82. The first-order valence-corrected chi connectivity index (χ1v) is 4.30. The van der Waals surface area contributed by atoms with Gasteiger partial charge in [-0.25, -0.2) is 0 Å². The van der Waals surface area contributed by atoms with Crippen LogP contribution in [0.15, 0.2) is 21.9 Å². The van der Waals surface area contributed by atoms with Crippen molar-refractivity contribution in [3.8, 4) is 0 Å². The van der Waals surface area contributed by atoms with Gasteiger partial charge in [-0.15, -0.1) is 0 Å². The number of nitrogens with zero attached hydrogens (tertiary/aromatic N) is 2. The molecule has 0 radical (unpaired) electrons. The highest BCUT2D eigenvalue weighted by molar-refractivity contribution is 5.93. The zero-order valence-electron chi connectivity index (χ0n) is 8.54. The van der Waals surface area contributed by atoms with Gasteiger partial charge < -0.3 is 5.73 Å². The van der Waals surface area contributed by atoms with E-state index < -0.39 is 0 Å². The van der Waals surface area contributed by atoms with E-state index in [1.165, 1.54) is 0 Å². The van der Waals surface area contributed by atoms with Crippen molar-refractivity contribution in [1.29, 1.82) is 0 Å². The highest BCUT2D eigenvalue weighted by Gasteiger charge is 1.86. The van der Waals surface area contributed by atoms with Crippen LogP contribution < -0.4 is 11.2 Å². The Morgan fingerprint density at radius 2 is 2.15 bits per heavy atom. The fourth-order valence-corrected chi connectivity index (χ4v) is 0.697. The summed E-state index contributed by atoms with van der Waals surface area (Å²) in [6.45, 7) is 4.51. The second kappa shape index (κ2) is 7.49. The highest BCUT2D eigenvalue weighted by atomic mass is 15.3. The molecular formula is C9H18N4. The molecule has 0 aliphatic rings. The number of nitrogens with two attached hydrogens (primary N) is 1. The Labute approximate surface area is 79.6 Å². The predicted molar refractivity (Wildman–Crippen MR) is 58.1 cm³/mol. The third-order valence-electron chi connectivity index (χ3n) is 1.41. The van der Waals surface area contributed by atoms with Crippen molar-refractivity contribution < 1.29 is 0 Å². The second-order valence-corrected chi connectivity index (χ2v) is 2.69. The minimum absolute atomic E-state index is 0.628. The van der Waals surface area contributed by atoms with Crippen molar-refractivity contribution in [1.82, 2.24) is 5.43 Å². The fourth-order valence-electron chi connectivity index (χ4n) is 0.697. The summed E-state index contributed by atoms with van der Waals surface area (Å²) in [5.74, 6) is 0. The minimum Gasteiger partial charge on any atom is -0.330 e. The largest absolute Gasteiger partial charge is 0.330 e. The first-order chi connectivity index (χ1) is 6.20. The Balaban J connectivity index is 3.86. The molecule has 0 amide bonds. The number of hydrazone groups is 1. The van der Waals surface area contributed by atoms with Crippen LogP contribution in [0.5, 0.6) is 0 Å². The lowest BCUT2D eigenvalue weighted by atomic mass is 10.3. The average molecular weight is 182 g/mol. The van der Waals surface area contributed by atoms with Crippen LogP contribution in [0.4, 0.5) is 0 Å². The average Bonchev–Trinajstić information content (AvgIpc) is 2.12. The SMILES string of the molecule is CN=C(C)/C=C(/C)N/N=C\CCN. The van der Waals surface area contributed by atoms with Crippen LogP contribution in [0, 0.1) is 0 Å². The van der Waals surface area contributed by atoms with E-state index in [1.54, 1.807) is 13.3 Å². The Morgan fingerprint density at radius 1 is 1.46 bits per heavy atom. The summed E-state index contributed by atoms with van der Waals surface area (Å²) in [6, 6.07) is 0. The zero-order valence-corrected chi connectivity index (χ0v) is 8.54. The smallest absolute Gasteiger partial charge is 0.0331 e. The van der Waals surface area contributed by atoms with Gasteiger partial charge in [0, 0.05) is 24.7 Å². The summed E-state index contributed by atoms with van der Waals surface area (Å²) in [7, 11) is 1.76. The van der Waals surface area contributed by atoms with E-state index in [1.807, 2.05) is 19.9 Å². The van der Waals surface area contributed by atoms with Crippen LogP contribution in [0.3, 0.4) is 0 Å². The van der Waals surface area contributed by atoms with Gasteiger partial charge in [0.2, 0.25) is 0 Å². The summed E-state index contributed by atoms with van der Waals surface area (Å²) in [5.41, 5.74) is 10.1. The first kappa shape index (κ1) is 11.8. The molecule has 0 saturated heterocycles. The van der Waals surface area contributed by atoms with Crippen molar-refractivity contribution in [2.45, 2.75) is 20.3 Å². The summed E-state index contributed by atoms with van der Waals surface area (Å²) in [4.78, 5) is 4.00. The van der Waals surface area contributed by atoms with E-state index in [4.69, 9.17) is 5.73 Å². The molecule has 13 heavy (non-hydrogen) atoms. The monoisotopic (exact) mass is 182 g/mol. The van der Waals surface area contributed by atoms with Gasteiger partial charge in [-0.3, -0.25) is 10.4 Å². The second-order valence-electron chi connectivity index (χ2n) is 2.69. The fraction of sp³-hybridized carbons (Fsp3) is 0.556. The Hall–Kier alpha value is -1.16. The molecule has 74 valence electrons. The molecule has 0 aromatic heterocycles. The van der Waals surface area contributed by atoms with Crippen LogP contribution in [-0.2, 0) is 0 Å². The molecule has 0 aliphatic carbocycles. The summed E-state index contributed by atoms with van der Waals surface area (Å²) in [6.07, 6.45) is 4.48. The van der Waals surface area contributed by atoms with Gasteiger partial charge in [0.1, 0.15) is 0 Å². The number of aliphatic imine (C=N–C) groups is 1. The number of allylic oxidation sites excluding steroid dienone is 2. The van der Waals surface area contributed by atoms with Crippen molar-refractivity contribution in [3.63, 3.8) is 0 Å². The van der Waals surface area contributed by atoms with Crippen molar-refractivity contribution in [3.05, 3.63) is 11.8 Å². The molecule has 4 nitrogen and oxygen atoms in total. The topological polar surface area (TPSA) is 62.8 Å². The van der Waals surface area contributed by atoms with Crippen molar-refractivity contribution in [2.75, 3.05) is 13.6 Å². The van der Waals surface area contributed by atoms with Gasteiger partial charge in [-0.2, -0.15) is 5.10 Å². The molecule has 0 aromatic rings. The molecular weight excluding hydrogens is 164 g/mol. The van der Waals surface area contributed by atoms with E-state index in [0.717, 1.165) is 17.8 Å². The van der Waals surface area contributed by atoms with Gasteiger partial charge in [0.05, 0.1) is 0 Å². The summed E-state index contributed by atoms with van der Waals surface area (Å²) in [5, 5.41) is 3.97. The quantitative estimate of drug-likeness (QED) is 0.490. The molecule has 4 heteroatoms. The zero-order chi connectivity index (χ0) is 10.1. The van der Waals surface area contributed by atoms with E-state index >= 15 is 0 Å². The molecule has 0 rings (SSSR count). The molecule has 0 fully saturated rings. The van der Waals surface area contributed by atoms with E-state index in [2.05, 4.69) is 15.5 Å². The van der Waals surface area contributed by atoms with Crippen LogP contribution in [0.2, 0.25) is 0 Å². The van der Waals surface area contributed by atoms with E-state index in [9.17, 15) is 0 Å². The lowest BCUT2D eigenvalue weighted by Crippen LogP contribution is -2.05. The maximum atomic E-state index is 5.29. The van der Waals surface area contributed by atoms with Crippen molar-refractivity contribution in [2.24, 2.45) is 15.8 Å². The van der Waals surface area contributed by atoms with E-state index in [-0.39, 0.29) is 0 Å². The molecule has 0 atom stereocenters. The molecule has 0 spiro atoms. The molecule has 0 saturated carbocycles. The van der Waals surface area contributed by atoms with Crippen molar-refractivity contribution >= 4 is 11.9 Å². The molecule has 0 heterocycles. The normalized spacial score (nSPS) is 13.8. The Bertz CT molecular complexity index is 216. The maximum absolute atomic E-state index is 5.29. The van der Waals surface area contributed by atoms with Crippen LogP contribution in [0.25, 0.3) is 0 Å². The summed E-state index contributed by atoms with van der Waals surface area (Å²) < 4.78 is 0. The third-order valence-corrected chi connectivity index (χ3v) is 1.41. The molecule has 0 aromatic carbocycles.